The summed E-state index contributed by atoms with van der Waals surface area (Å²) in [5.41, 5.74) is 2.50. The number of aliphatic hydroxyl groups excluding tert-OH is 1. The van der Waals surface area contributed by atoms with Gasteiger partial charge in [0.15, 0.2) is 11.6 Å². The molecule has 10 atom stereocenters. The average molecular weight is 1140 g/mol. The van der Waals surface area contributed by atoms with Gasteiger partial charge in [-0.25, -0.2) is 9.59 Å². The third kappa shape index (κ3) is 16.3. The number of carbonyl (C=O) groups excluding carboxylic acids is 9. The smallest absolute Gasteiger partial charge is 0.408 e. The van der Waals surface area contributed by atoms with Gasteiger partial charge in [-0.3, -0.25) is 33.6 Å². The van der Waals surface area contributed by atoms with E-state index in [0.29, 0.717) is 45.1 Å². The van der Waals surface area contributed by atoms with Crippen molar-refractivity contribution in [2.75, 3.05) is 7.05 Å². The zero-order chi connectivity index (χ0) is 57.8. The van der Waals surface area contributed by atoms with E-state index < -0.39 is 126 Å². The lowest BCUT2D eigenvalue weighted by molar-refractivity contribution is -0.167. The molecule has 0 spiro atoms. The molecule has 0 aromatic heterocycles. The Balaban J connectivity index is 1.23. The number of nitrogens with one attached hydrogen (secondary N) is 4. The quantitative estimate of drug-likeness (QED) is 0.0801. The van der Waals surface area contributed by atoms with Crippen LogP contribution in [-0.2, 0) is 73.7 Å². The molecule has 1 aliphatic carbocycles. The van der Waals surface area contributed by atoms with Gasteiger partial charge in [-0.05, 0) is 104 Å². The molecule has 0 unspecified atom stereocenters. The predicted octanol–water partition coefficient (Wildman–Crippen LogP) is 6.09. The lowest BCUT2D eigenvalue weighted by Gasteiger charge is -2.43. The molecule has 3 aliphatic rings. The molecular weight excluding hydrogens is 1070 g/mol. The number of Topliss-reactive ketones (excluding diaryl/α,β-unsaturated/α-hetero) is 2. The molecule has 7 rings (SSSR count). The molecule has 2 bridgehead atoms. The van der Waals surface area contributed by atoms with Crippen LogP contribution in [0.3, 0.4) is 0 Å². The van der Waals surface area contributed by atoms with Crippen molar-refractivity contribution in [1.29, 1.82) is 0 Å². The van der Waals surface area contributed by atoms with E-state index in [1.165, 1.54) is 25.8 Å². The first-order valence-electron chi connectivity index (χ1n) is 27.1. The monoisotopic (exact) mass is 1140 g/mol. The second-order valence-electron chi connectivity index (χ2n) is 21.5. The minimum atomic E-state index is -1.50. The van der Waals surface area contributed by atoms with Gasteiger partial charge in [0.25, 0.3) is 0 Å². The van der Waals surface area contributed by atoms with Crippen molar-refractivity contribution in [2.24, 2.45) is 23.7 Å². The molecule has 2 saturated heterocycles. The van der Waals surface area contributed by atoms with E-state index in [9.17, 15) is 43.5 Å². The second kappa shape index (κ2) is 27.8. The van der Waals surface area contributed by atoms with Crippen LogP contribution in [0.15, 0.2) is 109 Å². The fourth-order valence-electron chi connectivity index (χ4n) is 10.2. The number of aliphatic hydroxyl groups is 1. The maximum absolute atomic E-state index is 15.2. The van der Waals surface area contributed by atoms with Crippen LogP contribution in [0.5, 0.6) is 0 Å². The molecule has 80 heavy (non-hydrogen) atoms. The summed E-state index contributed by atoms with van der Waals surface area (Å²) in [6.07, 6.45) is -3.84. The number of hydrogen-bond acceptors (Lipinski definition) is 12. The second-order valence-corrected chi connectivity index (χ2v) is 22.3. The number of benzene rings is 4. The SMILES string of the molecule is CC(C)[C@@H]1NC(=O)[C@H](Cc2ccccc2)N(C)C(=O)[C@H](Cc2ccc(Cl)cc2)N2C(=O)[C@H](CC[C@H]2O)CC(=O)[C@H](C2CC2)NC(=O)[C@@H](CC(=O)[C@H](Cc2cccc(Cl)c2)NC(=O)[C@H](C)NC(=O)OCc2ccccc2)[C@@H](C)OC1=O. The average Bonchev–Trinajstić information content (AvgIpc) is 4.33. The van der Waals surface area contributed by atoms with E-state index in [1.807, 2.05) is 6.07 Å². The first-order chi connectivity index (χ1) is 38.2. The highest BCUT2D eigenvalue weighted by molar-refractivity contribution is 6.30. The van der Waals surface area contributed by atoms with Crippen molar-refractivity contribution in [3.8, 4) is 0 Å². The first kappa shape index (κ1) is 60.5. The molecule has 2 aliphatic heterocycles. The summed E-state index contributed by atoms with van der Waals surface area (Å²) in [7, 11) is 1.42. The van der Waals surface area contributed by atoms with E-state index >= 15 is 4.79 Å². The van der Waals surface area contributed by atoms with Crippen LogP contribution in [-0.4, -0.2) is 124 Å². The van der Waals surface area contributed by atoms with E-state index in [1.54, 1.807) is 117 Å². The fourth-order valence-corrected chi connectivity index (χ4v) is 10.5. The van der Waals surface area contributed by atoms with Gasteiger partial charge in [0.1, 0.15) is 43.1 Å². The zero-order valence-electron chi connectivity index (χ0n) is 45.5. The Morgan fingerprint density at radius 3 is 1.99 bits per heavy atom. The number of likely N-dealkylation sites (N-methyl/N-ethyl adjacent to an activating group) is 1. The number of amides is 6. The number of esters is 1. The van der Waals surface area contributed by atoms with Gasteiger partial charge in [-0.15, -0.1) is 0 Å². The number of halogens is 2. The normalized spacial score (nSPS) is 24.3. The van der Waals surface area contributed by atoms with E-state index in [-0.39, 0.29) is 51.0 Å². The minimum Gasteiger partial charge on any atom is -0.460 e. The van der Waals surface area contributed by atoms with Crippen LogP contribution >= 0.6 is 23.2 Å². The largest absolute Gasteiger partial charge is 0.460 e. The van der Waals surface area contributed by atoms with Crippen LogP contribution in [0.4, 0.5) is 4.79 Å². The summed E-state index contributed by atoms with van der Waals surface area (Å²) in [6.45, 7) is 6.07. The molecule has 0 radical (unpaired) electrons. The van der Waals surface area contributed by atoms with Gasteiger partial charge in [0, 0.05) is 48.7 Å². The van der Waals surface area contributed by atoms with Gasteiger partial charge in [-0.1, -0.05) is 122 Å². The Morgan fingerprint density at radius 1 is 0.725 bits per heavy atom. The van der Waals surface area contributed by atoms with Crippen molar-refractivity contribution in [1.82, 2.24) is 31.1 Å². The Bertz CT molecular complexity index is 2870. The summed E-state index contributed by atoms with van der Waals surface area (Å²) >= 11 is 12.6. The maximum Gasteiger partial charge on any atom is 0.408 e. The number of rotatable bonds is 16. The number of fused-ring (bicyclic) bond motifs is 2. The van der Waals surface area contributed by atoms with Crippen molar-refractivity contribution in [3.63, 3.8) is 0 Å². The van der Waals surface area contributed by atoms with E-state index in [2.05, 4.69) is 21.3 Å². The minimum absolute atomic E-state index is 0.00345. The van der Waals surface area contributed by atoms with Gasteiger partial charge in [0.05, 0.1) is 18.0 Å². The van der Waals surface area contributed by atoms with Crippen LogP contribution in [0, 0.1) is 23.7 Å². The van der Waals surface area contributed by atoms with Crippen LogP contribution in [0.2, 0.25) is 10.0 Å². The van der Waals surface area contributed by atoms with E-state index in [4.69, 9.17) is 32.7 Å². The number of carbonyl (C=O) groups is 9. The summed E-state index contributed by atoms with van der Waals surface area (Å²) in [4.78, 5) is 133. The molecule has 4 aromatic carbocycles. The third-order valence-electron chi connectivity index (χ3n) is 15.1. The van der Waals surface area contributed by atoms with Crippen molar-refractivity contribution >= 4 is 76.4 Å². The van der Waals surface area contributed by atoms with Crippen LogP contribution in [0.25, 0.3) is 0 Å². The highest BCUT2D eigenvalue weighted by Crippen LogP contribution is 2.36. The molecule has 18 nitrogen and oxygen atoms in total. The maximum atomic E-state index is 15.2. The number of ether oxygens (including phenoxy) is 2. The number of cyclic esters (lactones) is 1. The lowest BCUT2D eigenvalue weighted by atomic mass is 9.86. The fraction of sp³-hybridized carbons (Fsp3) is 0.450. The van der Waals surface area contributed by atoms with Gasteiger partial charge in [0.2, 0.25) is 29.5 Å². The Labute approximate surface area is 476 Å². The predicted molar refractivity (Wildman–Crippen MR) is 297 cm³/mol. The summed E-state index contributed by atoms with van der Waals surface area (Å²) in [5.74, 6) is -9.37. The molecule has 20 heteroatoms. The zero-order valence-corrected chi connectivity index (χ0v) is 47.0. The van der Waals surface area contributed by atoms with Crippen molar-refractivity contribution in [2.45, 2.75) is 141 Å². The molecule has 5 N–H and O–H groups in total. The molecule has 3 fully saturated rings. The topological polar surface area (TPSA) is 247 Å². The molecule has 426 valence electrons. The number of nitrogens with zero attached hydrogens (tertiary/aromatic N) is 2. The summed E-state index contributed by atoms with van der Waals surface area (Å²) in [5, 5.41) is 23.3. The molecular formula is C60H70Cl2N6O12. The highest BCUT2D eigenvalue weighted by Gasteiger charge is 2.47. The highest BCUT2D eigenvalue weighted by atomic mass is 35.5. The number of alkyl carbamates (subject to hydrolysis) is 1. The number of ketones is 2. The van der Waals surface area contributed by atoms with Crippen molar-refractivity contribution in [3.05, 3.63) is 141 Å². The molecule has 2 heterocycles. The number of piperidine rings is 1. The standard InChI is InChI=1S/C60H70Cl2N6O12/c1-34(2)52-59(77)80-36(4)45(32-49(69)46(28-40-17-12-18-44(62)27-40)64-54(72)35(3)63-60(78)79-33-39-15-10-7-11-16-39)55(73)66-53(41-21-22-41)50(70)31-42-23-26-51(71)68(57(42)75)48(30-38-19-24-43(61)25-20-38)58(76)67(5)47(56(74)65-52)29-37-13-8-6-9-14-37/h6-20,24-25,27,34-36,41-42,45-48,51-53,71H,21-23,26,28-33H2,1-5H3,(H,63,78)(H,64,72)(H,65,74)(H,66,73)/t35-,36+,42+,45-,46-,47-,48-,51+,52-,53-/m0/s1. The Kier molecular flexibility index (Phi) is 21.0. The Morgan fingerprint density at radius 2 is 1.35 bits per heavy atom. The number of hydrogen-bond donors (Lipinski definition) is 5. The summed E-state index contributed by atoms with van der Waals surface area (Å²) in [6, 6.07) is 23.2. The van der Waals surface area contributed by atoms with Gasteiger partial charge < -0.3 is 45.6 Å². The first-order valence-corrected chi connectivity index (χ1v) is 27.9. The van der Waals surface area contributed by atoms with Gasteiger partial charge >= 0.3 is 12.1 Å². The van der Waals surface area contributed by atoms with Crippen LogP contribution < -0.4 is 21.3 Å². The third-order valence-corrected chi connectivity index (χ3v) is 15.5. The van der Waals surface area contributed by atoms with Crippen LogP contribution in [0.1, 0.15) is 88.5 Å². The summed E-state index contributed by atoms with van der Waals surface area (Å²) < 4.78 is 11.4. The molecule has 6 amide bonds. The van der Waals surface area contributed by atoms with Crippen molar-refractivity contribution < 1.29 is 57.7 Å². The lowest BCUT2D eigenvalue weighted by Crippen LogP contribution is -2.62. The Hall–Kier alpha value is -7.15. The molecule has 1 saturated carbocycles. The van der Waals surface area contributed by atoms with E-state index in [0.717, 1.165) is 4.90 Å². The molecule has 4 aromatic rings. The van der Waals surface area contributed by atoms with Gasteiger partial charge in [-0.2, -0.15) is 0 Å².